The van der Waals surface area contributed by atoms with Gasteiger partial charge in [-0.3, -0.25) is 4.98 Å². The highest BCUT2D eigenvalue weighted by molar-refractivity contribution is 5.99. The summed E-state index contributed by atoms with van der Waals surface area (Å²) in [6.45, 7) is 2.06. The van der Waals surface area contributed by atoms with Crippen LogP contribution >= 0.6 is 0 Å². The number of rotatable bonds is 3. The van der Waals surface area contributed by atoms with Crippen LogP contribution < -0.4 is 16.0 Å². The number of urea groups is 1. The van der Waals surface area contributed by atoms with E-state index in [0.717, 1.165) is 24.4 Å². The maximum Gasteiger partial charge on any atom is 0.416 e. The minimum atomic E-state index is -4.47. The Balaban J connectivity index is 1.59. The summed E-state index contributed by atoms with van der Waals surface area (Å²) in [5.41, 5.74) is 0.369. The third kappa shape index (κ3) is 4.70. The molecule has 1 aromatic carbocycles. The van der Waals surface area contributed by atoms with E-state index in [1.165, 1.54) is 18.3 Å². The number of hydrogen-bond acceptors (Lipinski definition) is 4. The fourth-order valence-electron chi connectivity index (χ4n) is 2.49. The van der Waals surface area contributed by atoms with Gasteiger partial charge in [-0.25, -0.2) is 4.79 Å². The van der Waals surface area contributed by atoms with Gasteiger partial charge in [0.05, 0.1) is 29.7 Å². The van der Waals surface area contributed by atoms with Gasteiger partial charge in [0, 0.05) is 18.8 Å². The fourth-order valence-corrected chi connectivity index (χ4v) is 2.49. The quantitative estimate of drug-likeness (QED) is 0.778. The molecule has 1 aliphatic rings. The summed E-state index contributed by atoms with van der Waals surface area (Å²) < 4.78 is 43.7. The van der Waals surface area contributed by atoms with Crippen LogP contribution in [0.25, 0.3) is 0 Å². The topological polar surface area (TPSA) is 75.3 Å². The smallest absolute Gasteiger partial charge is 0.369 e. The van der Waals surface area contributed by atoms with Gasteiger partial charge < -0.3 is 20.7 Å². The van der Waals surface area contributed by atoms with Crippen LogP contribution in [0.15, 0.2) is 42.6 Å². The standard InChI is InChI=1S/C17H17F3N4O2/c18-17(19,20)11-2-1-3-12(8-11)23-16(25)24-13-4-5-14(22-9-13)15-10-21-6-7-26-15/h1-5,8-9,15,21H,6-7,10H2,(H2,23,24,25)/t15-/m0/s1. The summed E-state index contributed by atoms with van der Waals surface area (Å²) in [7, 11) is 0. The fraction of sp³-hybridized carbons (Fsp3) is 0.294. The maximum atomic E-state index is 12.7. The second-order valence-electron chi connectivity index (χ2n) is 5.69. The minimum Gasteiger partial charge on any atom is -0.369 e. The van der Waals surface area contributed by atoms with Crippen LogP contribution in [0.5, 0.6) is 0 Å². The molecule has 0 bridgehead atoms. The Bertz CT molecular complexity index is 759. The second kappa shape index (κ2) is 7.71. The molecule has 138 valence electrons. The molecule has 26 heavy (non-hydrogen) atoms. The van der Waals surface area contributed by atoms with Gasteiger partial charge in [-0.15, -0.1) is 0 Å². The zero-order valence-corrected chi connectivity index (χ0v) is 13.6. The van der Waals surface area contributed by atoms with Crippen LogP contribution in [0.3, 0.4) is 0 Å². The molecule has 0 saturated carbocycles. The lowest BCUT2D eigenvalue weighted by Gasteiger charge is -2.23. The first kappa shape index (κ1) is 18.2. The number of carbonyl (C=O) groups excluding carboxylic acids is 1. The Labute approximate surface area is 147 Å². The predicted octanol–water partition coefficient (Wildman–Crippen LogP) is 3.41. The van der Waals surface area contributed by atoms with Crippen molar-refractivity contribution in [2.24, 2.45) is 0 Å². The molecule has 1 saturated heterocycles. The predicted molar refractivity (Wildman–Crippen MR) is 89.9 cm³/mol. The summed E-state index contributed by atoms with van der Waals surface area (Å²) in [6, 6.07) is 7.15. The van der Waals surface area contributed by atoms with Gasteiger partial charge in [0.15, 0.2) is 0 Å². The third-order valence-electron chi connectivity index (χ3n) is 3.75. The maximum absolute atomic E-state index is 12.7. The van der Waals surface area contributed by atoms with E-state index < -0.39 is 17.8 Å². The van der Waals surface area contributed by atoms with Crippen molar-refractivity contribution in [3.05, 3.63) is 53.9 Å². The van der Waals surface area contributed by atoms with E-state index in [2.05, 4.69) is 20.9 Å². The summed E-state index contributed by atoms with van der Waals surface area (Å²) in [5.74, 6) is 0. The molecule has 0 unspecified atom stereocenters. The minimum absolute atomic E-state index is 0.0450. The van der Waals surface area contributed by atoms with Crippen LogP contribution in [-0.4, -0.2) is 30.7 Å². The molecule has 2 amide bonds. The molecule has 1 atom stereocenters. The number of anilines is 2. The largest absolute Gasteiger partial charge is 0.416 e. The zero-order valence-electron chi connectivity index (χ0n) is 13.6. The van der Waals surface area contributed by atoms with E-state index in [1.807, 2.05) is 0 Å². The normalized spacial score (nSPS) is 17.6. The van der Waals surface area contributed by atoms with E-state index >= 15 is 0 Å². The number of aromatic nitrogens is 1. The lowest BCUT2D eigenvalue weighted by Crippen LogP contribution is -2.33. The van der Waals surface area contributed by atoms with Gasteiger partial charge in [-0.2, -0.15) is 13.2 Å². The number of ether oxygens (including phenoxy) is 1. The number of alkyl halides is 3. The summed E-state index contributed by atoms with van der Waals surface area (Å²) in [6.07, 6.45) is -3.14. The van der Waals surface area contributed by atoms with E-state index in [0.29, 0.717) is 18.8 Å². The van der Waals surface area contributed by atoms with Crippen LogP contribution in [0.4, 0.5) is 29.3 Å². The van der Waals surface area contributed by atoms with Gasteiger partial charge in [0.25, 0.3) is 0 Å². The van der Waals surface area contributed by atoms with E-state index in [9.17, 15) is 18.0 Å². The molecule has 1 fully saturated rings. The van der Waals surface area contributed by atoms with Crippen molar-refractivity contribution in [2.75, 3.05) is 30.3 Å². The first-order valence-corrected chi connectivity index (χ1v) is 7.95. The molecule has 1 aromatic heterocycles. The second-order valence-corrected chi connectivity index (χ2v) is 5.69. The number of amides is 2. The molecule has 0 radical (unpaired) electrons. The van der Waals surface area contributed by atoms with Crippen molar-refractivity contribution in [1.82, 2.24) is 10.3 Å². The average Bonchev–Trinajstić information content (AvgIpc) is 2.62. The zero-order chi connectivity index (χ0) is 18.6. The number of carbonyl (C=O) groups is 1. The lowest BCUT2D eigenvalue weighted by atomic mass is 10.2. The van der Waals surface area contributed by atoms with Gasteiger partial charge in [0.2, 0.25) is 0 Å². The summed E-state index contributed by atoms with van der Waals surface area (Å²) in [4.78, 5) is 16.2. The van der Waals surface area contributed by atoms with Crippen molar-refractivity contribution in [2.45, 2.75) is 12.3 Å². The van der Waals surface area contributed by atoms with Crippen molar-refractivity contribution in [3.8, 4) is 0 Å². The Morgan fingerprint density at radius 3 is 2.65 bits per heavy atom. The van der Waals surface area contributed by atoms with Gasteiger partial charge >= 0.3 is 12.2 Å². The Kier molecular flexibility index (Phi) is 5.38. The monoisotopic (exact) mass is 366 g/mol. The van der Waals surface area contributed by atoms with E-state index in [4.69, 9.17) is 4.74 Å². The third-order valence-corrected chi connectivity index (χ3v) is 3.75. The molecule has 2 aromatic rings. The molecule has 0 aliphatic carbocycles. The Morgan fingerprint density at radius 1 is 1.19 bits per heavy atom. The molecule has 2 heterocycles. The lowest BCUT2D eigenvalue weighted by molar-refractivity contribution is -0.137. The number of hydrogen-bond donors (Lipinski definition) is 3. The number of halogens is 3. The molecule has 6 nitrogen and oxygen atoms in total. The highest BCUT2D eigenvalue weighted by atomic mass is 19.4. The molecule has 3 rings (SSSR count). The van der Waals surface area contributed by atoms with Gasteiger partial charge in [0.1, 0.15) is 6.10 Å². The van der Waals surface area contributed by atoms with E-state index in [-0.39, 0.29) is 11.8 Å². The van der Waals surface area contributed by atoms with Crippen molar-refractivity contribution >= 4 is 17.4 Å². The molecule has 9 heteroatoms. The van der Waals surface area contributed by atoms with E-state index in [1.54, 1.807) is 12.1 Å². The van der Waals surface area contributed by atoms with Crippen molar-refractivity contribution in [1.29, 1.82) is 0 Å². The SMILES string of the molecule is O=C(Nc1ccc([C@@H]2CNCCO2)nc1)Nc1cccc(C(F)(F)F)c1. The first-order valence-electron chi connectivity index (χ1n) is 7.95. The number of nitrogens with one attached hydrogen (secondary N) is 3. The van der Waals surface area contributed by atoms with Crippen LogP contribution in [0, 0.1) is 0 Å². The van der Waals surface area contributed by atoms with Crippen LogP contribution in [-0.2, 0) is 10.9 Å². The summed E-state index contributed by atoms with van der Waals surface area (Å²) >= 11 is 0. The van der Waals surface area contributed by atoms with Gasteiger partial charge in [-0.1, -0.05) is 6.07 Å². The number of benzene rings is 1. The number of nitrogens with zero attached hydrogens (tertiary/aromatic N) is 1. The molecular weight excluding hydrogens is 349 g/mol. The van der Waals surface area contributed by atoms with Crippen LogP contribution in [0.2, 0.25) is 0 Å². The highest BCUT2D eigenvalue weighted by Crippen LogP contribution is 2.30. The molecule has 0 spiro atoms. The van der Waals surface area contributed by atoms with Crippen molar-refractivity contribution in [3.63, 3.8) is 0 Å². The van der Waals surface area contributed by atoms with Crippen molar-refractivity contribution < 1.29 is 22.7 Å². The Morgan fingerprint density at radius 2 is 2.00 bits per heavy atom. The molecule has 3 N–H and O–H groups in total. The van der Waals surface area contributed by atoms with Crippen LogP contribution in [0.1, 0.15) is 17.4 Å². The first-order chi connectivity index (χ1) is 12.4. The summed E-state index contributed by atoms with van der Waals surface area (Å²) in [5, 5.41) is 8.09. The molecular formula is C17H17F3N4O2. The molecule has 1 aliphatic heterocycles. The highest BCUT2D eigenvalue weighted by Gasteiger charge is 2.30. The average molecular weight is 366 g/mol. The Hall–Kier alpha value is -2.65. The van der Waals surface area contributed by atoms with Gasteiger partial charge in [-0.05, 0) is 30.3 Å². The number of pyridine rings is 1. The number of morpholine rings is 1.